The van der Waals surface area contributed by atoms with Crippen LogP contribution in [-0.4, -0.2) is 12.0 Å². The molecule has 2 aromatic carbocycles. The summed E-state index contributed by atoms with van der Waals surface area (Å²) in [5.74, 6) is -4.92. The first-order valence-electron chi connectivity index (χ1n) is 8.33. The third-order valence-electron chi connectivity index (χ3n) is 4.18. The molecule has 0 bridgehead atoms. The summed E-state index contributed by atoms with van der Waals surface area (Å²) < 4.78 is 95.0. The lowest BCUT2D eigenvalue weighted by atomic mass is 9.94. The number of hydrogen-bond acceptors (Lipinski definition) is 1. The van der Waals surface area contributed by atoms with Crippen molar-refractivity contribution in [1.29, 1.82) is 0 Å². The van der Waals surface area contributed by atoms with Crippen molar-refractivity contribution in [2.45, 2.75) is 25.2 Å². The molecule has 0 saturated heterocycles. The Morgan fingerprint density at radius 1 is 1.07 bits per heavy atom. The number of ketones is 1. The van der Waals surface area contributed by atoms with E-state index >= 15 is 0 Å². The highest BCUT2D eigenvalue weighted by atomic mass is 35.5. The molecule has 1 unspecified atom stereocenters. The van der Waals surface area contributed by atoms with Gasteiger partial charge >= 0.3 is 12.4 Å². The molecule has 0 aliphatic rings. The number of hydrogen-bond donors (Lipinski definition) is 0. The van der Waals surface area contributed by atoms with E-state index in [2.05, 4.69) is 6.58 Å². The van der Waals surface area contributed by atoms with Gasteiger partial charge in [0.05, 0.1) is 5.56 Å². The summed E-state index contributed by atoms with van der Waals surface area (Å²) in [6, 6.07) is 5.28. The van der Waals surface area contributed by atoms with Crippen LogP contribution in [0.4, 0.5) is 30.7 Å². The number of Topliss-reactive ketones (excluding diaryl/α,β-unsaturated/α-hetero) is 1. The van der Waals surface area contributed by atoms with Gasteiger partial charge in [0.15, 0.2) is 5.78 Å². The van der Waals surface area contributed by atoms with E-state index in [0.29, 0.717) is 6.07 Å². The van der Waals surface area contributed by atoms with Crippen molar-refractivity contribution in [3.8, 4) is 0 Å². The molecule has 0 spiro atoms. The first-order chi connectivity index (χ1) is 13.7. The van der Waals surface area contributed by atoms with Gasteiger partial charge in [0, 0.05) is 16.1 Å². The maximum atomic E-state index is 14.6. The molecule has 0 N–H and O–H groups in total. The molecular weight excluding hydrogens is 437 g/mol. The molecule has 9 heteroatoms. The summed E-state index contributed by atoms with van der Waals surface area (Å²) in [5, 5.41) is -0.0457. The lowest BCUT2D eigenvalue weighted by molar-refractivity contribution is -0.140. The molecule has 0 radical (unpaired) electrons. The molecule has 0 saturated carbocycles. The fourth-order valence-corrected chi connectivity index (χ4v) is 3.04. The fraction of sp³-hybridized carbons (Fsp3) is 0.190. The highest BCUT2D eigenvalue weighted by molar-refractivity contribution is 6.30. The van der Waals surface area contributed by atoms with Crippen molar-refractivity contribution in [1.82, 2.24) is 0 Å². The van der Waals surface area contributed by atoms with Crippen molar-refractivity contribution in [2.24, 2.45) is 0 Å². The zero-order valence-electron chi connectivity index (χ0n) is 15.3. The molecule has 2 rings (SSSR count). The van der Waals surface area contributed by atoms with E-state index in [4.69, 9.17) is 11.6 Å². The van der Waals surface area contributed by atoms with Crippen LogP contribution in [0.2, 0.25) is 5.02 Å². The number of allylic oxidation sites excluding steroid dienone is 1. The first kappa shape index (κ1) is 23.7. The second-order valence-corrected chi connectivity index (χ2v) is 6.81. The lowest BCUT2D eigenvalue weighted by Crippen LogP contribution is -2.19. The molecule has 1 atom stereocenters. The van der Waals surface area contributed by atoms with Crippen LogP contribution in [0.25, 0.3) is 11.9 Å². The van der Waals surface area contributed by atoms with Crippen LogP contribution in [-0.2, 0) is 6.18 Å². The van der Waals surface area contributed by atoms with Gasteiger partial charge in [-0.3, -0.25) is 4.79 Å². The minimum atomic E-state index is -4.99. The molecule has 30 heavy (non-hydrogen) atoms. The highest BCUT2D eigenvalue weighted by Crippen LogP contribution is 2.40. The minimum Gasteiger partial charge on any atom is -0.294 e. The summed E-state index contributed by atoms with van der Waals surface area (Å²) in [6.07, 6.45) is -8.53. The van der Waals surface area contributed by atoms with Gasteiger partial charge in [0.2, 0.25) is 0 Å². The molecule has 0 heterocycles. The second-order valence-electron chi connectivity index (χ2n) is 6.37. The highest BCUT2D eigenvalue weighted by Gasteiger charge is 2.40. The van der Waals surface area contributed by atoms with Gasteiger partial charge in [-0.1, -0.05) is 42.5 Å². The molecule has 0 aliphatic carbocycles. The number of rotatable bonds is 5. The summed E-state index contributed by atoms with van der Waals surface area (Å²) >= 11 is 5.81. The average molecular weight is 451 g/mol. The first-order valence-corrected chi connectivity index (χ1v) is 8.71. The molecule has 0 aliphatic heterocycles. The van der Waals surface area contributed by atoms with Crippen LogP contribution < -0.4 is 0 Å². The second kappa shape index (κ2) is 8.63. The molecular formula is C21H14ClF7O. The zero-order valence-corrected chi connectivity index (χ0v) is 16.1. The van der Waals surface area contributed by atoms with Crippen molar-refractivity contribution < 1.29 is 35.5 Å². The van der Waals surface area contributed by atoms with Gasteiger partial charge in [-0.15, -0.1) is 0 Å². The molecule has 0 aromatic heterocycles. The predicted octanol–water partition coefficient (Wildman–Crippen LogP) is 7.86. The third-order valence-corrected chi connectivity index (χ3v) is 4.40. The van der Waals surface area contributed by atoms with Crippen LogP contribution in [0.3, 0.4) is 0 Å². The van der Waals surface area contributed by atoms with E-state index in [-0.39, 0.29) is 16.7 Å². The number of carbonyl (C=O) groups is 1. The van der Waals surface area contributed by atoms with Gasteiger partial charge in [0.1, 0.15) is 11.7 Å². The summed E-state index contributed by atoms with van der Waals surface area (Å²) in [4.78, 5) is 11.4. The maximum Gasteiger partial charge on any atom is 0.417 e. The SMILES string of the molecule is C=Cc1cc(Cl)cc(C(/C=C(\F)c2ccc(C(C)=O)c(C(F)(F)F)c2)C(F)(F)F)c1. The smallest absolute Gasteiger partial charge is 0.294 e. The van der Waals surface area contributed by atoms with E-state index in [1.807, 2.05) is 0 Å². The zero-order chi connectivity index (χ0) is 22.9. The third kappa shape index (κ3) is 5.50. The van der Waals surface area contributed by atoms with Gasteiger partial charge < -0.3 is 0 Å². The lowest BCUT2D eigenvalue weighted by Gasteiger charge is -2.19. The normalized spacial score (nSPS) is 13.8. The Morgan fingerprint density at radius 2 is 1.70 bits per heavy atom. The number of alkyl halides is 6. The van der Waals surface area contributed by atoms with E-state index in [0.717, 1.165) is 31.2 Å². The Kier molecular flexibility index (Phi) is 6.81. The summed E-state index contributed by atoms with van der Waals surface area (Å²) in [5.41, 5.74) is -3.04. The van der Waals surface area contributed by atoms with Crippen LogP contribution >= 0.6 is 11.6 Å². The van der Waals surface area contributed by atoms with Crippen molar-refractivity contribution in [3.63, 3.8) is 0 Å². The van der Waals surface area contributed by atoms with Gasteiger partial charge in [-0.05, 0) is 42.3 Å². The largest absolute Gasteiger partial charge is 0.417 e. The Labute approximate surface area is 172 Å². The number of carbonyl (C=O) groups excluding carboxylic acids is 1. The van der Waals surface area contributed by atoms with Gasteiger partial charge in [0.25, 0.3) is 0 Å². The van der Waals surface area contributed by atoms with Crippen molar-refractivity contribution in [2.75, 3.05) is 0 Å². The van der Waals surface area contributed by atoms with Crippen LogP contribution in [0.1, 0.15) is 45.5 Å². The number of benzene rings is 2. The van der Waals surface area contributed by atoms with Crippen LogP contribution in [0, 0.1) is 0 Å². The van der Waals surface area contributed by atoms with Gasteiger partial charge in [-0.2, -0.15) is 26.3 Å². The maximum absolute atomic E-state index is 14.6. The number of halogens is 8. The Hall–Kier alpha value is -2.61. The molecule has 0 amide bonds. The van der Waals surface area contributed by atoms with Crippen LogP contribution in [0.15, 0.2) is 49.1 Å². The van der Waals surface area contributed by atoms with Crippen LogP contribution in [0.5, 0.6) is 0 Å². The predicted molar refractivity (Wildman–Crippen MR) is 101 cm³/mol. The average Bonchev–Trinajstić information content (AvgIpc) is 2.63. The van der Waals surface area contributed by atoms with Gasteiger partial charge in [-0.25, -0.2) is 4.39 Å². The Morgan fingerprint density at radius 3 is 2.20 bits per heavy atom. The van der Waals surface area contributed by atoms with E-state index in [1.54, 1.807) is 0 Å². The van der Waals surface area contributed by atoms with E-state index < -0.39 is 52.1 Å². The molecule has 2 aromatic rings. The summed E-state index contributed by atoms with van der Waals surface area (Å²) in [7, 11) is 0. The van der Waals surface area contributed by atoms with Crippen molar-refractivity contribution in [3.05, 3.63) is 81.9 Å². The van der Waals surface area contributed by atoms with E-state index in [9.17, 15) is 35.5 Å². The standard InChI is InChI=1S/C21H14ClF7O/c1-3-12-6-14(8-15(22)7-12)17(20(24,25)26)10-19(23)13-4-5-16(11(2)30)18(9-13)21(27,28)29/h3-10,17H,1H2,2H3/b19-10-. The fourth-order valence-electron chi connectivity index (χ4n) is 2.79. The Bertz CT molecular complexity index is 1000. The monoisotopic (exact) mass is 450 g/mol. The quantitative estimate of drug-likeness (QED) is 0.335. The molecule has 1 nitrogen and oxygen atoms in total. The molecule has 0 fully saturated rings. The molecule has 160 valence electrons. The topological polar surface area (TPSA) is 17.1 Å². The van der Waals surface area contributed by atoms with E-state index in [1.165, 1.54) is 12.1 Å². The van der Waals surface area contributed by atoms with Crippen molar-refractivity contribution >= 4 is 29.3 Å². The summed E-state index contributed by atoms with van der Waals surface area (Å²) in [6.45, 7) is 4.33. The Balaban J connectivity index is 2.62. The minimum absolute atomic E-state index is 0.0457.